The van der Waals surface area contributed by atoms with Crippen molar-refractivity contribution in [3.63, 3.8) is 0 Å². The second-order valence-corrected chi connectivity index (χ2v) is 6.08. The number of carbonyl (C=O) groups excluding carboxylic acids is 1. The van der Waals surface area contributed by atoms with E-state index in [2.05, 4.69) is 36.5 Å². The van der Waals surface area contributed by atoms with Crippen LogP contribution < -0.4 is 11.1 Å². The van der Waals surface area contributed by atoms with Crippen molar-refractivity contribution < 1.29 is 4.79 Å². The standard InChI is InChI=1S/C17H26N2O/c1-13-5-7-14(8-6-13)9-10-17(20)19-12-15-3-2-4-16(18)11-15/h5-8,15-16H,2-4,9-12,18H2,1H3,(H,19,20). The zero-order chi connectivity index (χ0) is 14.4. The van der Waals surface area contributed by atoms with Crippen LogP contribution in [0.25, 0.3) is 0 Å². The smallest absolute Gasteiger partial charge is 0.220 e. The molecule has 2 rings (SSSR count). The topological polar surface area (TPSA) is 55.1 Å². The highest BCUT2D eigenvalue weighted by Crippen LogP contribution is 2.22. The molecule has 20 heavy (non-hydrogen) atoms. The van der Waals surface area contributed by atoms with Crippen LogP contribution in [0.15, 0.2) is 24.3 Å². The summed E-state index contributed by atoms with van der Waals surface area (Å²) in [5.41, 5.74) is 8.45. The maximum absolute atomic E-state index is 11.9. The molecule has 1 aromatic carbocycles. The van der Waals surface area contributed by atoms with Gasteiger partial charge in [-0.25, -0.2) is 0 Å². The van der Waals surface area contributed by atoms with Gasteiger partial charge in [-0.2, -0.15) is 0 Å². The highest BCUT2D eigenvalue weighted by Gasteiger charge is 2.19. The number of aryl methyl sites for hydroxylation is 2. The maximum Gasteiger partial charge on any atom is 0.220 e. The lowest BCUT2D eigenvalue weighted by molar-refractivity contribution is -0.121. The van der Waals surface area contributed by atoms with Gasteiger partial charge in [-0.3, -0.25) is 4.79 Å². The van der Waals surface area contributed by atoms with Crippen LogP contribution in [-0.2, 0) is 11.2 Å². The molecule has 3 N–H and O–H groups in total. The molecular weight excluding hydrogens is 248 g/mol. The Morgan fingerprint density at radius 1 is 1.30 bits per heavy atom. The van der Waals surface area contributed by atoms with Crippen LogP contribution in [0.2, 0.25) is 0 Å². The van der Waals surface area contributed by atoms with Gasteiger partial charge in [0.1, 0.15) is 0 Å². The van der Waals surface area contributed by atoms with Crippen LogP contribution in [0.1, 0.15) is 43.2 Å². The molecule has 1 aliphatic rings. The van der Waals surface area contributed by atoms with Crippen molar-refractivity contribution in [3.05, 3.63) is 35.4 Å². The molecule has 3 heteroatoms. The Morgan fingerprint density at radius 2 is 2.05 bits per heavy atom. The average molecular weight is 274 g/mol. The normalized spacial score (nSPS) is 22.5. The summed E-state index contributed by atoms with van der Waals surface area (Å²) in [4.78, 5) is 11.9. The lowest BCUT2D eigenvalue weighted by Gasteiger charge is -2.26. The molecule has 0 saturated heterocycles. The third-order valence-electron chi connectivity index (χ3n) is 4.17. The molecule has 1 amide bonds. The Morgan fingerprint density at radius 3 is 2.75 bits per heavy atom. The summed E-state index contributed by atoms with van der Waals surface area (Å²) in [5, 5.41) is 3.06. The molecule has 1 saturated carbocycles. The Bertz CT molecular complexity index is 427. The molecule has 0 heterocycles. The minimum Gasteiger partial charge on any atom is -0.356 e. The van der Waals surface area contributed by atoms with Crippen LogP contribution in [0.5, 0.6) is 0 Å². The van der Waals surface area contributed by atoms with Crippen molar-refractivity contribution in [2.45, 2.75) is 51.5 Å². The third kappa shape index (κ3) is 4.97. The predicted molar refractivity (Wildman–Crippen MR) is 82.4 cm³/mol. The SMILES string of the molecule is Cc1ccc(CCC(=O)NCC2CCCC(N)C2)cc1. The van der Waals surface area contributed by atoms with Crippen molar-refractivity contribution in [3.8, 4) is 0 Å². The van der Waals surface area contributed by atoms with Crippen LogP contribution >= 0.6 is 0 Å². The molecule has 0 spiro atoms. The molecule has 0 aromatic heterocycles. The van der Waals surface area contributed by atoms with Crippen LogP contribution in [0.3, 0.4) is 0 Å². The molecule has 2 atom stereocenters. The number of hydrogen-bond donors (Lipinski definition) is 2. The summed E-state index contributed by atoms with van der Waals surface area (Å²) in [6.07, 6.45) is 5.98. The maximum atomic E-state index is 11.9. The summed E-state index contributed by atoms with van der Waals surface area (Å²) in [5.74, 6) is 0.729. The largest absolute Gasteiger partial charge is 0.356 e. The molecule has 1 aliphatic carbocycles. The summed E-state index contributed by atoms with van der Waals surface area (Å²) >= 11 is 0. The van der Waals surface area contributed by atoms with E-state index in [1.54, 1.807) is 0 Å². The highest BCUT2D eigenvalue weighted by atomic mass is 16.1. The van der Waals surface area contributed by atoms with Gasteiger partial charge in [-0.05, 0) is 44.1 Å². The fourth-order valence-corrected chi connectivity index (χ4v) is 2.88. The number of carbonyl (C=O) groups is 1. The number of hydrogen-bond acceptors (Lipinski definition) is 2. The molecule has 2 unspecified atom stereocenters. The first-order valence-corrected chi connectivity index (χ1v) is 7.71. The van der Waals surface area contributed by atoms with Crippen molar-refractivity contribution in [1.29, 1.82) is 0 Å². The van der Waals surface area contributed by atoms with E-state index < -0.39 is 0 Å². The van der Waals surface area contributed by atoms with E-state index in [4.69, 9.17) is 5.73 Å². The second kappa shape index (κ2) is 7.44. The molecule has 0 aliphatic heterocycles. The van der Waals surface area contributed by atoms with Crippen molar-refractivity contribution >= 4 is 5.91 Å². The van der Waals surface area contributed by atoms with Crippen molar-refractivity contribution in [1.82, 2.24) is 5.32 Å². The lowest BCUT2D eigenvalue weighted by Crippen LogP contribution is -2.35. The van der Waals surface area contributed by atoms with Gasteiger partial charge in [0.05, 0.1) is 0 Å². The molecular formula is C17H26N2O. The van der Waals surface area contributed by atoms with E-state index in [1.165, 1.54) is 24.0 Å². The van der Waals surface area contributed by atoms with E-state index in [0.717, 1.165) is 25.8 Å². The van der Waals surface area contributed by atoms with Gasteiger partial charge in [-0.15, -0.1) is 0 Å². The first-order chi connectivity index (χ1) is 9.63. The van der Waals surface area contributed by atoms with Gasteiger partial charge >= 0.3 is 0 Å². The molecule has 3 nitrogen and oxygen atoms in total. The highest BCUT2D eigenvalue weighted by molar-refractivity contribution is 5.76. The van der Waals surface area contributed by atoms with E-state index >= 15 is 0 Å². The molecule has 1 fully saturated rings. The first-order valence-electron chi connectivity index (χ1n) is 7.71. The monoisotopic (exact) mass is 274 g/mol. The van der Waals surface area contributed by atoms with Crippen LogP contribution in [-0.4, -0.2) is 18.5 Å². The third-order valence-corrected chi connectivity index (χ3v) is 4.17. The Labute approximate surface area is 121 Å². The van der Waals surface area contributed by atoms with E-state index in [0.29, 0.717) is 18.4 Å². The Kier molecular flexibility index (Phi) is 5.60. The minimum absolute atomic E-state index is 0.157. The minimum atomic E-state index is 0.157. The van der Waals surface area contributed by atoms with Crippen molar-refractivity contribution in [2.24, 2.45) is 11.7 Å². The van der Waals surface area contributed by atoms with E-state index in [1.807, 2.05) is 0 Å². The van der Waals surface area contributed by atoms with E-state index in [-0.39, 0.29) is 5.91 Å². The summed E-state index contributed by atoms with van der Waals surface area (Å²) in [7, 11) is 0. The van der Waals surface area contributed by atoms with Gasteiger partial charge in [-0.1, -0.05) is 36.2 Å². The van der Waals surface area contributed by atoms with Gasteiger partial charge in [0.25, 0.3) is 0 Å². The van der Waals surface area contributed by atoms with E-state index in [9.17, 15) is 4.79 Å². The quantitative estimate of drug-likeness (QED) is 0.867. The fourth-order valence-electron chi connectivity index (χ4n) is 2.88. The summed E-state index contributed by atoms with van der Waals surface area (Å²) < 4.78 is 0. The number of rotatable bonds is 5. The number of amides is 1. The van der Waals surface area contributed by atoms with Gasteiger partial charge in [0, 0.05) is 19.0 Å². The average Bonchev–Trinajstić information content (AvgIpc) is 2.45. The lowest BCUT2D eigenvalue weighted by atomic mass is 9.86. The fraction of sp³-hybridized carbons (Fsp3) is 0.588. The second-order valence-electron chi connectivity index (χ2n) is 6.08. The molecule has 0 radical (unpaired) electrons. The zero-order valence-electron chi connectivity index (χ0n) is 12.4. The number of nitrogens with one attached hydrogen (secondary N) is 1. The molecule has 1 aromatic rings. The summed E-state index contributed by atoms with van der Waals surface area (Å²) in [6, 6.07) is 8.72. The zero-order valence-corrected chi connectivity index (χ0v) is 12.4. The number of benzene rings is 1. The van der Waals surface area contributed by atoms with Crippen LogP contribution in [0, 0.1) is 12.8 Å². The Hall–Kier alpha value is -1.35. The summed E-state index contributed by atoms with van der Waals surface area (Å²) in [6.45, 7) is 2.87. The first kappa shape index (κ1) is 15.0. The predicted octanol–water partition coefficient (Wildman–Crippen LogP) is 2.56. The number of nitrogens with two attached hydrogens (primary N) is 1. The molecule has 110 valence electrons. The van der Waals surface area contributed by atoms with Crippen molar-refractivity contribution in [2.75, 3.05) is 6.54 Å². The van der Waals surface area contributed by atoms with Crippen LogP contribution in [0.4, 0.5) is 0 Å². The van der Waals surface area contributed by atoms with Gasteiger partial charge in [0.2, 0.25) is 5.91 Å². The molecule has 0 bridgehead atoms. The van der Waals surface area contributed by atoms with Gasteiger partial charge < -0.3 is 11.1 Å². The van der Waals surface area contributed by atoms with Gasteiger partial charge in [0.15, 0.2) is 0 Å². The Balaban J connectivity index is 1.66.